The van der Waals surface area contributed by atoms with Gasteiger partial charge in [0.1, 0.15) is 6.33 Å². The van der Waals surface area contributed by atoms with Crippen LogP contribution in [0.1, 0.15) is 33.1 Å². The minimum absolute atomic E-state index is 0.240. The van der Waals surface area contributed by atoms with Crippen molar-refractivity contribution in [2.24, 2.45) is 0 Å². The standard InChI is InChI=1S/C20H20N4O3/c1-14-8-9-17(15(2)10-14)19(25)12-27-20(26)18(24-13-21-22-23-24)11-16-6-4-3-5-7-16/h3-10,13,18H,11-12H2,1-2H3/t18-/m1/s1. The number of rotatable bonds is 7. The number of ether oxygens (including phenoxy) is 1. The van der Waals surface area contributed by atoms with Crippen molar-refractivity contribution in [3.8, 4) is 0 Å². The van der Waals surface area contributed by atoms with Gasteiger partial charge in [-0.15, -0.1) is 5.10 Å². The zero-order valence-electron chi connectivity index (χ0n) is 15.2. The molecule has 1 aromatic heterocycles. The van der Waals surface area contributed by atoms with Gasteiger partial charge in [0.25, 0.3) is 0 Å². The number of Topliss-reactive ketones (excluding diaryl/α,β-unsaturated/α-hetero) is 1. The first-order valence-corrected chi connectivity index (χ1v) is 8.58. The lowest BCUT2D eigenvalue weighted by Gasteiger charge is -2.15. The van der Waals surface area contributed by atoms with E-state index in [1.54, 1.807) is 6.07 Å². The smallest absolute Gasteiger partial charge is 0.331 e. The lowest BCUT2D eigenvalue weighted by molar-refractivity contribution is -0.146. The van der Waals surface area contributed by atoms with Gasteiger partial charge in [-0.2, -0.15) is 0 Å². The normalized spacial score (nSPS) is 11.8. The summed E-state index contributed by atoms with van der Waals surface area (Å²) in [7, 11) is 0. The molecule has 0 aliphatic heterocycles. The van der Waals surface area contributed by atoms with Gasteiger partial charge in [0, 0.05) is 12.0 Å². The Morgan fingerprint density at radius 1 is 1.11 bits per heavy atom. The van der Waals surface area contributed by atoms with E-state index < -0.39 is 12.0 Å². The molecule has 0 N–H and O–H groups in total. The van der Waals surface area contributed by atoms with Gasteiger partial charge < -0.3 is 4.74 Å². The molecule has 0 fully saturated rings. The molecule has 7 heteroatoms. The molecule has 0 amide bonds. The lowest BCUT2D eigenvalue weighted by atomic mass is 10.0. The van der Waals surface area contributed by atoms with E-state index >= 15 is 0 Å². The molecule has 3 rings (SSSR count). The van der Waals surface area contributed by atoms with Gasteiger partial charge in [0.15, 0.2) is 12.6 Å². The first-order valence-electron chi connectivity index (χ1n) is 8.58. The van der Waals surface area contributed by atoms with Crippen LogP contribution in [0.2, 0.25) is 0 Å². The van der Waals surface area contributed by atoms with Crippen molar-refractivity contribution in [2.45, 2.75) is 26.3 Å². The van der Waals surface area contributed by atoms with Crippen molar-refractivity contribution in [1.29, 1.82) is 0 Å². The summed E-state index contributed by atoms with van der Waals surface area (Å²) >= 11 is 0. The van der Waals surface area contributed by atoms with Crippen LogP contribution in [0.3, 0.4) is 0 Å². The van der Waals surface area contributed by atoms with Gasteiger partial charge in [-0.05, 0) is 35.4 Å². The van der Waals surface area contributed by atoms with Gasteiger partial charge in [0.2, 0.25) is 5.78 Å². The van der Waals surface area contributed by atoms with Crippen LogP contribution < -0.4 is 0 Å². The Morgan fingerprint density at radius 3 is 2.56 bits per heavy atom. The third-order valence-electron chi connectivity index (χ3n) is 4.26. The lowest BCUT2D eigenvalue weighted by Crippen LogP contribution is -2.27. The minimum Gasteiger partial charge on any atom is -0.456 e. The summed E-state index contributed by atoms with van der Waals surface area (Å²) in [5.41, 5.74) is 3.42. The average molecular weight is 364 g/mol. The van der Waals surface area contributed by atoms with E-state index in [2.05, 4.69) is 15.5 Å². The maximum absolute atomic E-state index is 12.6. The van der Waals surface area contributed by atoms with Gasteiger partial charge in [-0.3, -0.25) is 4.79 Å². The second kappa shape index (κ2) is 8.35. The first-order chi connectivity index (χ1) is 13.0. The van der Waals surface area contributed by atoms with Crippen molar-refractivity contribution < 1.29 is 14.3 Å². The number of nitrogens with zero attached hydrogens (tertiary/aromatic N) is 4. The summed E-state index contributed by atoms with van der Waals surface area (Å²) in [5, 5.41) is 11.0. The fourth-order valence-corrected chi connectivity index (χ4v) is 2.87. The van der Waals surface area contributed by atoms with Crippen LogP contribution in [0.4, 0.5) is 0 Å². The molecular formula is C20H20N4O3. The van der Waals surface area contributed by atoms with E-state index in [0.29, 0.717) is 12.0 Å². The SMILES string of the molecule is Cc1ccc(C(=O)COC(=O)[C@@H](Cc2ccccc2)n2cnnn2)c(C)c1. The molecule has 3 aromatic rings. The van der Waals surface area contributed by atoms with Crippen LogP contribution in [0.15, 0.2) is 54.9 Å². The van der Waals surface area contributed by atoms with Crippen LogP contribution in [0, 0.1) is 13.8 Å². The molecule has 0 aliphatic carbocycles. The summed E-state index contributed by atoms with van der Waals surface area (Å²) in [6.07, 6.45) is 1.73. The van der Waals surface area contributed by atoms with Crippen LogP contribution in [-0.4, -0.2) is 38.6 Å². The molecule has 0 aliphatic rings. The highest BCUT2D eigenvalue weighted by molar-refractivity contribution is 5.99. The number of hydrogen-bond donors (Lipinski definition) is 0. The van der Waals surface area contributed by atoms with Gasteiger partial charge in [-0.25, -0.2) is 9.48 Å². The highest BCUT2D eigenvalue weighted by atomic mass is 16.5. The maximum Gasteiger partial charge on any atom is 0.331 e. The number of carbonyl (C=O) groups is 2. The first kappa shape index (κ1) is 18.4. The molecule has 0 saturated carbocycles. The largest absolute Gasteiger partial charge is 0.456 e. The van der Waals surface area contributed by atoms with E-state index in [1.165, 1.54) is 11.0 Å². The second-order valence-corrected chi connectivity index (χ2v) is 6.34. The topological polar surface area (TPSA) is 87.0 Å². The number of aromatic nitrogens is 4. The Balaban J connectivity index is 1.70. The molecule has 2 aromatic carbocycles. The van der Waals surface area contributed by atoms with Crippen LogP contribution in [0.5, 0.6) is 0 Å². The molecule has 0 bridgehead atoms. The van der Waals surface area contributed by atoms with Gasteiger partial charge >= 0.3 is 5.97 Å². The Kier molecular flexibility index (Phi) is 5.71. The number of tetrazole rings is 1. The van der Waals surface area contributed by atoms with Gasteiger partial charge in [-0.1, -0.05) is 54.1 Å². The highest BCUT2D eigenvalue weighted by Crippen LogP contribution is 2.16. The zero-order chi connectivity index (χ0) is 19.2. The molecule has 1 atom stereocenters. The number of ketones is 1. The summed E-state index contributed by atoms with van der Waals surface area (Å²) in [6.45, 7) is 3.50. The van der Waals surface area contributed by atoms with E-state index in [0.717, 1.165) is 16.7 Å². The zero-order valence-corrected chi connectivity index (χ0v) is 15.2. The van der Waals surface area contributed by atoms with Crippen molar-refractivity contribution in [3.05, 3.63) is 77.1 Å². The summed E-state index contributed by atoms with van der Waals surface area (Å²) in [4.78, 5) is 25.1. The number of aryl methyl sites for hydroxylation is 2. The summed E-state index contributed by atoms with van der Waals surface area (Å²) in [5.74, 6) is -0.791. The van der Waals surface area contributed by atoms with Crippen LogP contribution in [0.25, 0.3) is 0 Å². The summed E-state index contributed by atoms with van der Waals surface area (Å²) < 4.78 is 6.64. The second-order valence-electron chi connectivity index (χ2n) is 6.34. The molecule has 0 spiro atoms. The molecule has 138 valence electrons. The highest BCUT2D eigenvalue weighted by Gasteiger charge is 2.25. The Morgan fingerprint density at radius 2 is 1.89 bits per heavy atom. The van der Waals surface area contributed by atoms with Crippen molar-refractivity contribution in [3.63, 3.8) is 0 Å². The average Bonchev–Trinajstić information content (AvgIpc) is 3.19. The monoisotopic (exact) mass is 364 g/mol. The molecule has 0 unspecified atom stereocenters. The molecule has 27 heavy (non-hydrogen) atoms. The molecule has 0 saturated heterocycles. The Labute approximate surface area is 157 Å². The van der Waals surface area contributed by atoms with Crippen molar-refractivity contribution in [1.82, 2.24) is 20.2 Å². The van der Waals surface area contributed by atoms with Crippen LogP contribution >= 0.6 is 0 Å². The fraction of sp³-hybridized carbons (Fsp3) is 0.250. The predicted octanol–water partition coefficient (Wildman–Crippen LogP) is 2.50. The fourth-order valence-electron chi connectivity index (χ4n) is 2.87. The van der Waals surface area contributed by atoms with E-state index in [4.69, 9.17) is 4.74 Å². The Hall–Kier alpha value is -3.35. The third kappa shape index (κ3) is 4.63. The van der Waals surface area contributed by atoms with E-state index in [9.17, 15) is 9.59 Å². The molecule has 7 nitrogen and oxygen atoms in total. The number of carbonyl (C=O) groups excluding carboxylic acids is 2. The van der Waals surface area contributed by atoms with E-state index in [-0.39, 0.29) is 12.4 Å². The number of hydrogen-bond acceptors (Lipinski definition) is 6. The maximum atomic E-state index is 12.6. The van der Waals surface area contributed by atoms with E-state index in [1.807, 2.05) is 56.3 Å². The predicted molar refractivity (Wildman–Crippen MR) is 98.2 cm³/mol. The molecular weight excluding hydrogens is 344 g/mol. The molecule has 0 radical (unpaired) electrons. The third-order valence-corrected chi connectivity index (χ3v) is 4.26. The van der Waals surface area contributed by atoms with Gasteiger partial charge in [0.05, 0.1) is 0 Å². The van der Waals surface area contributed by atoms with Crippen LogP contribution in [-0.2, 0) is 16.0 Å². The van der Waals surface area contributed by atoms with Crippen molar-refractivity contribution >= 4 is 11.8 Å². The minimum atomic E-state index is -0.741. The number of benzene rings is 2. The number of esters is 1. The molecule has 1 heterocycles. The van der Waals surface area contributed by atoms with Crippen molar-refractivity contribution in [2.75, 3.05) is 6.61 Å². The quantitative estimate of drug-likeness (QED) is 0.473. The summed E-state index contributed by atoms with van der Waals surface area (Å²) in [6, 6.07) is 14.3. The Bertz CT molecular complexity index is 924.